The standard InChI is InChI=1S/C20H26N4O2.C17H20N4O2/c21-19(22)15-5-9-17(10-6-15)25-13-3-1-2-4-14-26-18-11-7-16(8-12-18)20(23)24;18-16(19)12-2-6-14(7-3-12)22-10-1-11-23-15-8-4-13(5-9-15)17(20)21/h5-12H,1-4,13-14H2,(H3,21,22)(H3,23,24);2-9H,1,10-11H2,(H3,18,19)(H3,20,21). The van der Waals surface area contributed by atoms with Crippen LogP contribution >= 0.6 is 0 Å². The van der Waals surface area contributed by atoms with Crippen LogP contribution in [-0.2, 0) is 0 Å². The number of hydrogen-bond donors (Lipinski definition) is 8. The Morgan fingerprint density at radius 1 is 0.327 bits per heavy atom. The van der Waals surface area contributed by atoms with Gasteiger partial charge in [-0.2, -0.15) is 0 Å². The fraction of sp³-hybridized carbons (Fsp3) is 0.243. The average Bonchev–Trinajstić information content (AvgIpc) is 3.10. The number of hydrogen-bond acceptors (Lipinski definition) is 8. The van der Waals surface area contributed by atoms with Gasteiger partial charge in [0.1, 0.15) is 46.3 Å². The van der Waals surface area contributed by atoms with Gasteiger partial charge in [-0.15, -0.1) is 0 Å². The molecule has 4 aromatic carbocycles. The number of nitrogens with two attached hydrogens (primary N) is 4. The van der Waals surface area contributed by atoms with Crippen LogP contribution in [0.2, 0.25) is 0 Å². The van der Waals surface area contributed by atoms with E-state index < -0.39 is 0 Å². The van der Waals surface area contributed by atoms with Crippen LogP contribution in [0.15, 0.2) is 97.1 Å². The second-order valence-electron chi connectivity index (χ2n) is 10.9. The van der Waals surface area contributed by atoms with E-state index in [4.69, 9.17) is 63.5 Å². The van der Waals surface area contributed by atoms with Crippen LogP contribution in [0.5, 0.6) is 23.0 Å². The lowest BCUT2D eigenvalue weighted by Crippen LogP contribution is -2.11. The van der Waals surface area contributed by atoms with Crippen molar-refractivity contribution in [3.05, 3.63) is 119 Å². The Bertz CT molecular complexity index is 1500. The van der Waals surface area contributed by atoms with E-state index in [-0.39, 0.29) is 23.3 Å². The molecule has 0 saturated heterocycles. The number of amidine groups is 4. The molecule has 0 heterocycles. The van der Waals surface area contributed by atoms with E-state index in [1.165, 1.54) is 0 Å². The van der Waals surface area contributed by atoms with Gasteiger partial charge in [0.2, 0.25) is 0 Å². The molecule has 4 rings (SSSR count). The minimum absolute atomic E-state index is 0.0424. The maximum atomic E-state index is 7.35. The molecule has 0 saturated carbocycles. The number of nitrogen functional groups attached to an aromatic ring is 4. The summed E-state index contributed by atoms with van der Waals surface area (Å²) in [4.78, 5) is 0. The van der Waals surface area contributed by atoms with Gasteiger partial charge in [-0.25, -0.2) is 0 Å². The van der Waals surface area contributed by atoms with Gasteiger partial charge in [-0.3, -0.25) is 21.6 Å². The van der Waals surface area contributed by atoms with Crippen molar-refractivity contribution < 1.29 is 18.9 Å². The highest BCUT2D eigenvalue weighted by Crippen LogP contribution is 2.16. The molecule has 12 nitrogen and oxygen atoms in total. The average molecular weight is 667 g/mol. The van der Waals surface area contributed by atoms with Gasteiger partial charge in [0.05, 0.1) is 26.4 Å². The number of unbranched alkanes of at least 4 members (excludes halogenated alkanes) is 3. The van der Waals surface area contributed by atoms with E-state index in [0.717, 1.165) is 55.1 Å². The van der Waals surface area contributed by atoms with Gasteiger partial charge in [-0.05, 0) is 123 Å². The third-order valence-corrected chi connectivity index (χ3v) is 7.06. The van der Waals surface area contributed by atoms with Gasteiger partial charge in [0.25, 0.3) is 0 Å². The van der Waals surface area contributed by atoms with Gasteiger partial charge in [-0.1, -0.05) is 0 Å². The first-order valence-corrected chi connectivity index (χ1v) is 15.9. The van der Waals surface area contributed by atoms with Crippen LogP contribution in [0, 0.1) is 21.6 Å². The molecule has 0 atom stereocenters. The van der Waals surface area contributed by atoms with Crippen molar-refractivity contribution in [2.45, 2.75) is 32.1 Å². The molecular weight excluding hydrogens is 620 g/mol. The van der Waals surface area contributed by atoms with Crippen molar-refractivity contribution in [3.8, 4) is 23.0 Å². The van der Waals surface area contributed by atoms with Crippen molar-refractivity contribution in [2.24, 2.45) is 22.9 Å². The molecule has 0 aliphatic carbocycles. The summed E-state index contributed by atoms with van der Waals surface area (Å²) in [6.07, 6.45) is 4.88. The zero-order valence-electron chi connectivity index (χ0n) is 27.5. The Morgan fingerprint density at radius 3 is 0.735 bits per heavy atom. The van der Waals surface area contributed by atoms with Crippen molar-refractivity contribution in [3.63, 3.8) is 0 Å². The van der Waals surface area contributed by atoms with E-state index >= 15 is 0 Å². The van der Waals surface area contributed by atoms with Gasteiger partial charge >= 0.3 is 0 Å². The first-order valence-electron chi connectivity index (χ1n) is 15.9. The van der Waals surface area contributed by atoms with Gasteiger partial charge in [0, 0.05) is 28.7 Å². The second-order valence-corrected chi connectivity index (χ2v) is 10.9. The number of rotatable bonds is 19. The molecule has 0 spiro atoms. The minimum Gasteiger partial charge on any atom is -0.494 e. The van der Waals surface area contributed by atoms with Crippen LogP contribution in [0.1, 0.15) is 54.4 Å². The molecular formula is C37H46N8O4. The Kier molecular flexibility index (Phi) is 15.5. The van der Waals surface area contributed by atoms with Crippen molar-refractivity contribution in [1.29, 1.82) is 21.6 Å². The summed E-state index contributed by atoms with van der Waals surface area (Å²) in [6, 6.07) is 28.7. The monoisotopic (exact) mass is 666 g/mol. The Hall–Kier alpha value is -6.04. The molecule has 49 heavy (non-hydrogen) atoms. The summed E-state index contributed by atoms with van der Waals surface area (Å²) >= 11 is 0. The molecule has 0 radical (unpaired) electrons. The van der Waals surface area contributed by atoms with Gasteiger partial charge < -0.3 is 41.9 Å². The first-order chi connectivity index (χ1) is 23.6. The largest absolute Gasteiger partial charge is 0.494 e. The highest BCUT2D eigenvalue weighted by Gasteiger charge is 2.02. The maximum Gasteiger partial charge on any atom is 0.122 e. The lowest BCUT2D eigenvalue weighted by molar-refractivity contribution is 0.247. The zero-order chi connectivity index (χ0) is 35.4. The Morgan fingerprint density at radius 2 is 0.531 bits per heavy atom. The zero-order valence-corrected chi connectivity index (χ0v) is 27.5. The van der Waals surface area contributed by atoms with Crippen LogP contribution in [0.3, 0.4) is 0 Å². The molecule has 0 unspecified atom stereocenters. The predicted octanol–water partition coefficient (Wildman–Crippen LogP) is 5.38. The highest BCUT2D eigenvalue weighted by atomic mass is 16.5. The number of benzene rings is 4. The lowest BCUT2D eigenvalue weighted by atomic mass is 10.2. The van der Waals surface area contributed by atoms with E-state index in [9.17, 15) is 0 Å². The summed E-state index contributed by atoms with van der Waals surface area (Å²) in [7, 11) is 0. The fourth-order valence-electron chi connectivity index (χ4n) is 4.30. The quantitative estimate of drug-likeness (QED) is 0.0367. The van der Waals surface area contributed by atoms with Crippen molar-refractivity contribution in [1.82, 2.24) is 0 Å². The molecule has 0 aliphatic heterocycles. The lowest BCUT2D eigenvalue weighted by Gasteiger charge is -2.09. The molecule has 0 bridgehead atoms. The van der Waals surface area contributed by atoms with Crippen LogP contribution in [0.4, 0.5) is 0 Å². The topological polar surface area (TPSA) is 236 Å². The summed E-state index contributed by atoms with van der Waals surface area (Å²) in [5, 5.41) is 29.3. The minimum atomic E-state index is 0.0424. The van der Waals surface area contributed by atoms with E-state index in [1.54, 1.807) is 72.8 Å². The van der Waals surface area contributed by atoms with Crippen molar-refractivity contribution >= 4 is 23.3 Å². The van der Waals surface area contributed by atoms with Crippen molar-refractivity contribution in [2.75, 3.05) is 26.4 Å². The summed E-state index contributed by atoms with van der Waals surface area (Å²) < 4.78 is 22.5. The molecule has 12 N–H and O–H groups in total. The smallest absolute Gasteiger partial charge is 0.122 e. The van der Waals surface area contributed by atoms with Gasteiger partial charge in [0.15, 0.2) is 0 Å². The molecule has 0 aliphatic rings. The fourth-order valence-corrected chi connectivity index (χ4v) is 4.30. The third-order valence-electron chi connectivity index (χ3n) is 7.06. The normalized spacial score (nSPS) is 10.2. The van der Waals surface area contributed by atoms with Crippen LogP contribution < -0.4 is 41.9 Å². The van der Waals surface area contributed by atoms with E-state index in [1.807, 2.05) is 24.3 Å². The second kappa shape index (κ2) is 20.3. The number of ether oxygens (including phenoxy) is 4. The van der Waals surface area contributed by atoms with Crippen LogP contribution in [-0.4, -0.2) is 49.8 Å². The van der Waals surface area contributed by atoms with E-state index in [0.29, 0.717) is 48.7 Å². The Balaban J connectivity index is 0.000000267. The molecule has 4 aromatic rings. The molecule has 0 amide bonds. The summed E-state index contributed by atoms with van der Waals surface area (Å²) in [5.74, 6) is 3.28. The summed E-state index contributed by atoms with van der Waals surface area (Å²) in [5.41, 5.74) is 24.4. The Labute approximate surface area is 287 Å². The molecule has 12 heteroatoms. The number of nitrogens with one attached hydrogen (secondary N) is 4. The maximum absolute atomic E-state index is 7.35. The predicted molar refractivity (Wildman–Crippen MR) is 195 cm³/mol. The SMILES string of the molecule is N=C(N)c1ccc(OCCCCCCOc2ccc(C(=N)N)cc2)cc1.N=C(N)c1ccc(OCCCOc2ccc(C(=N)N)cc2)cc1. The summed E-state index contributed by atoms with van der Waals surface area (Å²) in [6.45, 7) is 2.41. The highest BCUT2D eigenvalue weighted by molar-refractivity contribution is 5.96. The third kappa shape index (κ3) is 14.1. The first kappa shape index (κ1) is 37.4. The van der Waals surface area contributed by atoms with Crippen LogP contribution in [0.25, 0.3) is 0 Å². The molecule has 258 valence electrons. The van der Waals surface area contributed by atoms with E-state index in [2.05, 4.69) is 0 Å². The molecule has 0 fully saturated rings. The molecule has 0 aromatic heterocycles.